The van der Waals surface area contributed by atoms with E-state index in [0.29, 0.717) is 19.5 Å². The van der Waals surface area contributed by atoms with Crippen molar-refractivity contribution in [1.29, 1.82) is 0 Å². The molecule has 2 aliphatic rings. The largest absolute Gasteiger partial charge is 0.479 e. The number of carbonyl (C=O) groups excluding carboxylic acids is 1. The van der Waals surface area contributed by atoms with E-state index in [4.69, 9.17) is 14.6 Å². The van der Waals surface area contributed by atoms with Crippen LogP contribution in [0.15, 0.2) is 0 Å². The third-order valence-electron chi connectivity index (χ3n) is 3.38. The average molecular weight is 258 g/mol. The van der Waals surface area contributed by atoms with E-state index in [1.165, 1.54) is 0 Å². The molecular weight excluding hydrogens is 240 g/mol. The summed E-state index contributed by atoms with van der Waals surface area (Å²) >= 11 is 0. The Kier molecular flexibility index (Phi) is 4.15. The Labute approximate surface area is 105 Å². The Bertz CT molecular complexity index is 335. The van der Waals surface area contributed by atoms with Crippen molar-refractivity contribution >= 4 is 11.9 Å². The monoisotopic (exact) mass is 258 g/mol. The van der Waals surface area contributed by atoms with Crippen LogP contribution in [0, 0.1) is 0 Å². The van der Waals surface area contributed by atoms with Crippen molar-refractivity contribution in [2.24, 2.45) is 0 Å². The Morgan fingerprint density at radius 2 is 2.28 bits per heavy atom. The van der Waals surface area contributed by atoms with Crippen LogP contribution in [-0.4, -0.2) is 73.5 Å². The molecule has 2 heterocycles. The van der Waals surface area contributed by atoms with E-state index in [9.17, 15) is 9.59 Å². The van der Waals surface area contributed by atoms with Gasteiger partial charge in [0.2, 0.25) is 5.91 Å². The van der Waals surface area contributed by atoms with Gasteiger partial charge in [-0.1, -0.05) is 0 Å². The summed E-state index contributed by atoms with van der Waals surface area (Å²) < 4.78 is 10.3. The van der Waals surface area contributed by atoms with E-state index < -0.39 is 12.1 Å². The third-order valence-corrected chi connectivity index (χ3v) is 3.38. The summed E-state index contributed by atoms with van der Waals surface area (Å²) in [7, 11) is 1.62. The average Bonchev–Trinajstić information content (AvgIpc) is 2.86. The fourth-order valence-electron chi connectivity index (χ4n) is 2.29. The van der Waals surface area contributed by atoms with Gasteiger partial charge in [0.15, 0.2) is 6.10 Å². The second kappa shape index (κ2) is 5.64. The zero-order valence-electron chi connectivity index (χ0n) is 10.3. The molecule has 0 spiro atoms. The first-order valence-electron chi connectivity index (χ1n) is 6.01. The first-order chi connectivity index (χ1) is 8.61. The van der Waals surface area contributed by atoms with Crippen LogP contribution in [0.5, 0.6) is 0 Å². The Hall–Kier alpha value is -1.18. The first-order valence-corrected chi connectivity index (χ1v) is 6.01. The lowest BCUT2D eigenvalue weighted by Crippen LogP contribution is -2.53. The summed E-state index contributed by atoms with van der Waals surface area (Å²) in [5, 5.41) is 12.0. The van der Waals surface area contributed by atoms with Crippen LogP contribution in [0.1, 0.15) is 6.42 Å². The number of ether oxygens (including phenoxy) is 2. The summed E-state index contributed by atoms with van der Waals surface area (Å²) in [6.45, 7) is 1.48. The molecule has 7 nitrogen and oxygen atoms in total. The number of carboxylic acid groups (broad SMARTS) is 1. The Morgan fingerprint density at radius 3 is 2.89 bits per heavy atom. The van der Waals surface area contributed by atoms with E-state index in [1.807, 2.05) is 0 Å². The van der Waals surface area contributed by atoms with Crippen molar-refractivity contribution in [2.75, 3.05) is 33.4 Å². The van der Waals surface area contributed by atoms with Crippen molar-refractivity contribution in [1.82, 2.24) is 10.2 Å². The zero-order valence-corrected chi connectivity index (χ0v) is 10.3. The smallest absolute Gasteiger partial charge is 0.334 e. The fraction of sp³-hybridized carbons (Fsp3) is 0.818. The highest BCUT2D eigenvalue weighted by molar-refractivity contribution is 5.83. The predicted molar refractivity (Wildman–Crippen MR) is 61.2 cm³/mol. The predicted octanol–water partition coefficient (Wildman–Crippen LogP) is -1.32. The highest BCUT2D eigenvalue weighted by Crippen LogP contribution is 2.14. The summed E-state index contributed by atoms with van der Waals surface area (Å²) in [6, 6.07) is -0.275. The number of nitrogens with one attached hydrogen (secondary N) is 1. The van der Waals surface area contributed by atoms with Crippen LogP contribution >= 0.6 is 0 Å². The van der Waals surface area contributed by atoms with E-state index in [2.05, 4.69) is 5.32 Å². The quantitative estimate of drug-likeness (QED) is 0.652. The fourth-order valence-corrected chi connectivity index (χ4v) is 2.29. The molecule has 3 unspecified atom stereocenters. The van der Waals surface area contributed by atoms with Gasteiger partial charge >= 0.3 is 5.97 Å². The standard InChI is InChI=1S/C11H18N2O5/c1-17-7-4-8(12-5-7)10(14)13-2-3-18-9(6-13)11(15)16/h7-9,12H,2-6H2,1H3,(H,15,16). The number of rotatable bonds is 3. The van der Waals surface area contributed by atoms with Gasteiger partial charge in [-0.25, -0.2) is 4.79 Å². The molecule has 0 aromatic heterocycles. The maximum absolute atomic E-state index is 12.2. The molecule has 18 heavy (non-hydrogen) atoms. The van der Waals surface area contributed by atoms with Crippen molar-refractivity contribution in [3.63, 3.8) is 0 Å². The van der Waals surface area contributed by atoms with Crippen LogP contribution in [-0.2, 0) is 19.1 Å². The molecule has 2 rings (SSSR count). The number of hydrogen-bond acceptors (Lipinski definition) is 5. The van der Waals surface area contributed by atoms with Crippen molar-refractivity contribution in [3.8, 4) is 0 Å². The molecule has 1 amide bonds. The van der Waals surface area contributed by atoms with E-state index in [-0.39, 0.29) is 31.2 Å². The molecule has 2 saturated heterocycles. The van der Waals surface area contributed by atoms with Gasteiger partial charge in [0.1, 0.15) is 0 Å². The third kappa shape index (κ3) is 2.80. The minimum absolute atomic E-state index is 0.0512. The van der Waals surface area contributed by atoms with Gasteiger partial charge in [-0.05, 0) is 6.42 Å². The number of amides is 1. The summed E-state index contributed by atoms with van der Waals surface area (Å²) in [5.74, 6) is -1.09. The molecule has 7 heteroatoms. The lowest BCUT2D eigenvalue weighted by Gasteiger charge is -2.32. The molecular formula is C11H18N2O5. The highest BCUT2D eigenvalue weighted by atomic mass is 16.5. The van der Waals surface area contributed by atoms with Gasteiger partial charge in [0.05, 0.1) is 25.3 Å². The Morgan fingerprint density at radius 1 is 1.50 bits per heavy atom. The van der Waals surface area contributed by atoms with Gasteiger partial charge in [-0.3, -0.25) is 4.79 Å². The van der Waals surface area contributed by atoms with Crippen molar-refractivity contribution in [3.05, 3.63) is 0 Å². The highest BCUT2D eigenvalue weighted by Gasteiger charge is 2.35. The van der Waals surface area contributed by atoms with Crippen LogP contribution in [0.2, 0.25) is 0 Å². The molecule has 2 N–H and O–H groups in total. The van der Waals surface area contributed by atoms with Crippen molar-refractivity contribution in [2.45, 2.75) is 24.7 Å². The molecule has 0 bridgehead atoms. The van der Waals surface area contributed by atoms with Gasteiger partial charge in [0, 0.05) is 20.2 Å². The molecule has 3 atom stereocenters. The maximum atomic E-state index is 12.2. The number of nitrogens with zero attached hydrogens (tertiary/aromatic N) is 1. The van der Waals surface area contributed by atoms with Crippen LogP contribution < -0.4 is 5.32 Å². The van der Waals surface area contributed by atoms with Crippen LogP contribution in [0.3, 0.4) is 0 Å². The van der Waals surface area contributed by atoms with Crippen LogP contribution in [0.25, 0.3) is 0 Å². The SMILES string of the molecule is COC1CNC(C(=O)N2CCOC(C(=O)O)C2)C1. The summed E-state index contributed by atoms with van der Waals surface area (Å²) in [4.78, 5) is 24.6. The van der Waals surface area contributed by atoms with Gasteiger partial charge in [-0.15, -0.1) is 0 Å². The van der Waals surface area contributed by atoms with E-state index >= 15 is 0 Å². The van der Waals surface area contributed by atoms with Gasteiger partial charge < -0.3 is 24.8 Å². The maximum Gasteiger partial charge on any atom is 0.334 e. The molecule has 0 aromatic carbocycles. The topological polar surface area (TPSA) is 88.1 Å². The molecule has 0 saturated carbocycles. The van der Waals surface area contributed by atoms with E-state index in [1.54, 1.807) is 12.0 Å². The molecule has 2 aliphatic heterocycles. The molecule has 102 valence electrons. The molecule has 0 radical (unpaired) electrons. The number of hydrogen-bond donors (Lipinski definition) is 2. The summed E-state index contributed by atoms with van der Waals surface area (Å²) in [5.41, 5.74) is 0. The second-order valence-electron chi connectivity index (χ2n) is 4.54. The lowest BCUT2D eigenvalue weighted by atomic mass is 10.1. The van der Waals surface area contributed by atoms with Gasteiger partial charge in [-0.2, -0.15) is 0 Å². The lowest BCUT2D eigenvalue weighted by molar-refractivity contribution is -0.159. The number of carboxylic acids is 1. The number of carbonyl (C=O) groups is 2. The minimum Gasteiger partial charge on any atom is -0.479 e. The van der Waals surface area contributed by atoms with Crippen molar-refractivity contribution < 1.29 is 24.2 Å². The van der Waals surface area contributed by atoms with Crippen LogP contribution in [0.4, 0.5) is 0 Å². The number of methoxy groups -OCH3 is 1. The first kappa shape index (κ1) is 13.3. The number of aliphatic carboxylic acids is 1. The van der Waals surface area contributed by atoms with Gasteiger partial charge in [0.25, 0.3) is 0 Å². The Balaban J connectivity index is 1.91. The van der Waals surface area contributed by atoms with E-state index in [0.717, 1.165) is 0 Å². The number of morpholine rings is 1. The minimum atomic E-state index is -1.03. The molecule has 0 aliphatic carbocycles. The molecule has 0 aromatic rings. The summed E-state index contributed by atoms with van der Waals surface area (Å²) in [6.07, 6.45) is -0.234. The second-order valence-corrected chi connectivity index (χ2v) is 4.54. The zero-order chi connectivity index (χ0) is 13.1. The molecule has 2 fully saturated rings. The normalized spacial score (nSPS) is 32.5.